The summed E-state index contributed by atoms with van der Waals surface area (Å²) >= 11 is 0. The molecule has 0 N–H and O–H groups in total. The van der Waals surface area contributed by atoms with Gasteiger partial charge in [-0.1, -0.05) is 158 Å². The topological polar surface area (TPSA) is 16.4 Å². The van der Waals surface area contributed by atoms with Crippen molar-refractivity contribution in [3.8, 4) is 33.4 Å². The first-order chi connectivity index (χ1) is 27.7. The van der Waals surface area contributed by atoms with E-state index >= 15 is 0 Å². The summed E-state index contributed by atoms with van der Waals surface area (Å²) in [4.78, 5) is 2.42. The molecule has 0 bridgehead atoms. The molecule has 0 aliphatic heterocycles. The fraction of sp³-hybridized carbons (Fsp3) is 0. The summed E-state index contributed by atoms with van der Waals surface area (Å²) < 4.78 is 6.62. The van der Waals surface area contributed by atoms with Crippen molar-refractivity contribution in [1.29, 1.82) is 0 Å². The van der Waals surface area contributed by atoms with Crippen LogP contribution in [0.25, 0.3) is 87.6 Å². The highest BCUT2D eigenvalue weighted by atomic mass is 16.3. The maximum atomic E-state index is 6.62. The number of hydrogen-bond donors (Lipinski definition) is 0. The molecule has 0 aliphatic rings. The van der Waals surface area contributed by atoms with Crippen LogP contribution in [-0.4, -0.2) is 0 Å². The molecule has 56 heavy (non-hydrogen) atoms. The van der Waals surface area contributed by atoms with Crippen molar-refractivity contribution in [2.45, 2.75) is 0 Å². The lowest BCUT2D eigenvalue weighted by Gasteiger charge is -2.29. The van der Waals surface area contributed by atoms with Crippen molar-refractivity contribution in [2.75, 3.05) is 4.90 Å². The maximum Gasteiger partial charge on any atom is 0.137 e. The predicted molar refractivity (Wildman–Crippen MR) is 237 cm³/mol. The van der Waals surface area contributed by atoms with Crippen LogP contribution in [0.4, 0.5) is 17.1 Å². The monoisotopic (exact) mass is 713 g/mol. The third-order valence-electron chi connectivity index (χ3n) is 11.2. The van der Waals surface area contributed by atoms with Gasteiger partial charge in [0.2, 0.25) is 0 Å². The van der Waals surface area contributed by atoms with Gasteiger partial charge in [-0.25, -0.2) is 0 Å². The third-order valence-corrected chi connectivity index (χ3v) is 11.2. The van der Waals surface area contributed by atoms with Crippen LogP contribution >= 0.6 is 0 Å². The maximum absolute atomic E-state index is 6.62. The highest BCUT2D eigenvalue weighted by molar-refractivity contribution is 6.23. The van der Waals surface area contributed by atoms with E-state index < -0.39 is 0 Å². The average molecular weight is 714 g/mol. The van der Waals surface area contributed by atoms with E-state index in [4.69, 9.17) is 4.42 Å². The van der Waals surface area contributed by atoms with E-state index in [9.17, 15) is 0 Å². The van der Waals surface area contributed by atoms with Crippen LogP contribution in [0.5, 0.6) is 0 Å². The molecule has 1 heterocycles. The van der Waals surface area contributed by atoms with Crippen LogP contribution < -0.4 is 4.90 Å². The highest BCUT2D eigenvalue weighted by Gasteiger charge is 2.23. The lowest BCUT2D eigenvalue weighted by Crippen LogP contribution is -2.11. The second-order valence-electron chi connectivity index (χ2n) is 14.5. The molecular weight excluding hydrogens is 679 g/mol. The molecule has 2 nitrogen and oxygen atoms in total. The Morgan fingerprint density at radius 3 is 1.70 bits per heavy atom. The second kappa shape index (κ2) is 13.2. The highest BCUT2D eigenvalue weighted by Crippen LogP contribution is 2.48. The molecule has 0 atom stereocenters. The number of furan rings is 1. The van der Waals surface area contributed by atoms with E-state index in [1.807, 2.05) is 0 Å². The molecule has 0 saturated heterocycles. The van der Waals surface area contributed by atoms with Gasteiger partial charge >= 0.3 is 0 Å². The summed E-state index contributed by atoms with van der Waals surface area (Å²) in [7, 11) is 0. The van der Waals surface area contributed by atoms with Crippen molar-refractivity contribution in [3.05, 3.63) is 212 Å². The largest absolute Gasteiger partial charge is 0.456 e. The Kier molecular flexibility index (Phi) is 7.53. The number of nitrogens with zero attached hydrogens (tertiary/aromatic N) is 1. The van der Waals surface area contributed by atoms with Crippen LogP contribution in [-0.2, 0) is 0 Å². The van der Waals surface area contributed by atoms with E-state index in [-0.39, 0.29) is 0 Å². The lowest BCUT2D eigenvalue weighted by atomic mass is 9.95. The van der Waals surface area contributed by atoms with Crippen LogP contribution in [0.15, 0.2) is 217 Å². The molecule has 0 aliphatic carbocycles. The quantitative estimate of drug-likeness (QED) is 0.171. The SMILES string of the molecule is c1ccc(-c2cccc(N(c3ccccc3-c3ccc4cc(-c5ccc6ccccc6c5)ccc4c3)c3cccc4oc5ccc6ccccc6c5c34)c2)cc1. The molecule has 0 amide bonds. The van der Waals surface area contributed by atoms with Gasteiger partial charge in [-0.05, 0) is 115 Å². The van der Waals surface area contributed by atoms with Gasteiger partial charge in [-0.15, -0.1) is 0 Å². The van der Waals surface area contributed by atoms with Crippen LogP contribution in [0.2, 0.25) is 0 Å². The zero-order valence-electron chi connectivity index (χ0n) is 30.6. The third kappa shape index (κ3) is 5.42. The van der Waals surface area contributed by atoms with Crippen molar-refractivity contribution < 1.29 is 4.42 Å². The summed E-state index contributed by atoms with van der Waals surface area (Å²) in [6.07, 6.45) is 0. The van der Waals surface area contributed by atoms with E-state index in [1.54, 1.807) is 0 Å². The molecule has 11 aromatic rings. The molecule has 0 spiro atoms. The Bertz CT molecular complexity index is 3270. The molecule has 0 saturated carbocycles. The Morgan fingerprint density at radius 2 is 0.857 bits per heavy atom. The van der Waals surface area contributed by atoms with Crippen molar-refractivity contribution in [2.24, 2.45) is 0 Å². The molecule has 0 radical (unpaired) electrons. The molecule has 11 rings (SSSR count). The minimum absolute atomic E-state index is 0.864. The van der Waals surface area contributed by atoms with Gasteiger partial charge in [0, 0.05) is 16.6 Å². The number of benzene rings is 10. The van der Waals surface area contributed by atoms with Crippen molar-refractivity contribution in [1.82, 2.24) is 0 Å². The van der Waals surface area contributed by atoms with Gasteiger partial charge < -0.3 is 9.32 Å². The van der Waals surface area contributed by atoms with Crippen molar-refractivity contribution in [3.63, 3.8) is 0 Å². The number of para-hydroxylation sites is 1. The summed E-state index contributed by atoms with van der Waals surface area (Å²) in [6, 6.07) is 76.5. The number of fused-ring (bicyclic) bond motifs is 7. The normalized spacial score (nSPS) is 11.6. The van der Waals surface area contributed by atoms with Crippen LogP contribution in [0, 0.1) is 0 Å². The van der Waals surface area contributed by atoms with E-state index in [0.717, 1.165) is 55.7 Å². The predicted octanol–water partition coefficient (Wildman–Crippen LogP) is 15.5. The summed E-state index contributed by atoms with van der Waals surface area (Å²) in [6.45, 7) is 0. The van der Waals surface area contributed by atoms with E-state index in [2.05, 4.69) is 217 Å². The Morgan fingerprint density at radius 1 is 0.304 bits per heavy atom. The smallest absolute Gasteiger partial charge is 0.137 e. The van der Waals surface area contributed by atoms with Gasteiger partial charge in [-0.2, -0.15) is 0 Å². The zero-order chi connectivity index (χ0) is 37.0. The standard InChI is InChI=1S/C54H35NO/c1-2-12-36(13-3-1)40-17-10-18-46(35-40)55(50-22-11-23-51-54(50)53-48-20-7-6-15-38(48)30-31-52(53)56-51)49-21-9-8-19-47(49)45-29-28-43-33-42(26-27-44(43)34-45)41-25-24-37-14-4-5-16-39(37)32-41/h1-35H. The molecule has 2 heteroatoms. The molecule has 262 valence electrons. The molecular formula is C54H35NO. The summed E-state index contributed by atoms with van der Waals surface area (Å²) in [5, 5.41) is 9.52. The first-order valence-corrected chi connectivity index (χ1v) is 19.2. The zero-order valence-corrected chi connectivity index (χ0v) is 30.6. The summed E-state index contributed by atoms with van der Waals surface area (Å²) in [5.74, 6) is 0. The minimum Gasteiger partial charge on any atom is -0.456 e. The molecule has 0 unspecified atom stereocenters. The number of hydrogen-bond acceptors (Lipinski definition) is 2. The van der Waals surface area contributed by atoms with E-state index in [1.165, 1.54) is 49.0 Å². The van der Waals surface area contributed by atoms with Crippen molar-refractivity contribution >= 4 is 71.3 Å². The second-order valence-corrected chi connectivity index (χ2v) is 14.5. The van der Waals surface area contributed by atoms with Crippen LogP contribution in [0.1, 0.15) is 0 Å². The van der Waals surface area contributed by atoms with E-state index in [0.29, 0.717) is 0 Å². The fourth-order valence-electron chi connectivity index (χ4n) is 8.49. The van der Waals surface area contributed by atoms with Gasteiger partial charge in [0.05, 0.1) is 16.8 Å². The first kappa shape index (κ1) is 32.0. The number of rotatable bonds is 6. The number of anilines is 3. The minimum atomic E-state index is 0.864. The summed E-state index contributed by atoms with van der Waals surface area (Å²) in [5.41, 5.74) is 12.1. The average Bonchev–Trinajstić information content (AvgIpc) is 3.67. The lowest BCUT2D eigenvalue weighted by molar-refractivity contribution is 0.669. The first-order valence-electron chi connectivity index (χ1n) is 19.2. The van der Waals surface area contributed by atoms with Gasteiger partial charge in [0.25, 0.3) is 0 Å². The Balaban J connectivity index is 1.11. The van der Waals surface area contributed by atoms with Gasteiger partial charge in [-0.3, -0.25) is 0 Å². The van der Waals surface area contributed by atoms with Gasteiger partial charge in [0.1, 0.15) is 11.2 Å². The Labute approximate surface area is 325 Å². The molecule has 10 aromatic carbocycles. The fourth-order valence-corrected chi connectivity index (χ4v) is 8.49. The Hall–Kier alpha value is -7.42. The van der Waals surface area contributed by atoms with Gasteiger partial charge in [0.15, 0.2) is 0 Å². The molecule has 0 fully saturated rings. The molecule has 1 aromatic heterocycles. The van der Waals surface area contributed by atoms with Crippen LogP contribution in [0.3, 0.4) is 0 Å².